The lowest BCUT2D eigenvalue weighted by Gasteiger charge is -2.42. The second-order valence-electron chi connectivity index (χ2n) is 4.61. The Morgan fingerprint density at radius 2 is 1.73 bits per heavy atom. The molecule has 1 aliphatic rings. The monoisotopic (exact) mass is 225 g/mol. The number of hydrogen-bond acceptors (Lipinski definition) is 2. The Labute approximate surface area is 87.9 Å². The van der Waals surface area contributed by atoms with E-state index in [2.05, 4.69) is 5.32 Å². The van der Waals surface area contributed by atoms with Crippen LogP contribution < -0.4 is 5.32 Å². The third kappa shape index (κ3) is 2.84. The average molecular weight is 225 g/mol. The first kappa shape index (κ1) is 12.8. The molecule has 0 aromatic carbocycles. The number of halogens is 3. The van der Waals surface area contributed by atoms with Crippen molar-refractivity contribution < 1.29 is 18.3 Å². The third-order valence-electron chi connectivity index (χ3n) is 2.92. The Hall–Kier alpha value is -0.290. The normalized spacial score (nSPS) is 33.4. The van der Waals surface area contributed by atoms with E-state index < -0.39 is 17.8 Å². The zero-order valence-electron chi connectivity index (χ0n) is 9.06. The number of hydrogen-bond donors (Lipinski definition) is 2. The van der Waals surface area contributed by atoms with Gasteiger partial charge in [-0.25, -0.2) is 0 Å². The molecule has 0 amide bonds. The van der Waals surface area contributed by atoms with E-state index in [0.29, 0.717) is 0 Å². The van der Waals surface area contributed by atoms with Crippen LogP contribution in [0.15, 0.2) is 0 Å². The molecule has 0 spiro atoms. The highest BCUT2D eigenvalue weighted by atomic mass is 19.4. The predicted molar refractivity (Wildman–Crippen MR) is 51.5 cm³/mol. The van der Waals surface area contributed by atoms with E-state index in [9.17, 15) is 18.3 Å². The van der Waals surface area contributed by atoms with Crippen molar-refractivity contribution in [1.82, 2.24) is 5.32 Å². The first-order chi connectivity index (χ1) is 6.77. The number of aliphatic hydroxyl groups is 1. The van der Waals surface area contributed by atoms with Gasteiger partial charge in [-0.15, -0.1) is 0 Å². The summed E-state index contributed by atoms with van der Waals surface area (Å²) in [5.74, 6) is 0. The molecule has 0 aromatic rings. The lowest BCUT2D eigenvalue weighted by Crippen LogP contribution is -2.60. The van der Waals surface area contributed by atoms with E-state index in [4.69, 9.17) is 0 Å². The van der Waals surface area contributed by atoms with Crippen molar-refractivity contribution in [3.63, 3.8) is 0 Å². The lowest BCUT2D eigenvalue weighted by molar-refractivity contribution is -0.211. The summed E-state index contributed by atoms with van der Waals surface area (Å²) in [7, 11) is 0. The Morgan fingerprint density at radius 3 is 2.07 bits per heavy atom. The van der Waals surface area contributed by atoms with Gasteiger partial charge in [-0.05, 0) is 25.7 Å². The van der Waals surface area contributed by atoms with Crippen LogP contribution in [0.25, 0.3) is 0 Å². The number of nitrogens with one attached hydrogen (secondary N) is 1. The minimum Gasteiger partial charge on any atom is -0.393 e. The van der Waals surface area contributed by atoms with Crippen LogP contribution in [0.5, 0.6) is 0 Å². The largest absolute Gasteiger partial charge is 0.406 e. The highest BCUT2D eigenvalue weighted by molar-refractivity contribution is 4.99. The topological polar surface area (TPSA) is 32.3 Å². The van der Waals surface area contributed by atoms with Crippen LogP contribution in [0.1, 0.15) is 39.5 Å². The van der Waals surface area contributed by atoms with Crippen molar-refractivity contribution in [2.45, 2.75) is 63.4 Å². The van der Waals surface area contributed by atoms with Crippen LogP contribution in [0, 0.1) is 0 Å². The summed E-state index contributed by atoms with van der Waals surface area (Å²) in [6.07, 6.45) is -4.43. The maximum absolute atomic E-state index is 12.9. The van der Waals surface area contributed by atoms with Gasteiger partial charge in [0.05, 0.1) is 6.10 Å². The molecule has 0 saturated heterocycles. The molecule has 5 heteroatoms. The van der Waals surface area contributed by atoms with Gasteiger partial charge in [-0.2, -0.15) is 13.2 Å². The molecule has 0 unspecified atom stereocenters. The van der Waals surface area contributed by atoms with Crippen molar-refractivity contribution in [3.05, 3.63) is 0 Å². The zero-order chi connectivity index (χ0) is 11.7. The molecular weight excluding hydrogens is 207 g/mol. The van der Waals surface area contributed by atoms with Crippen molar-refractivity contribution in [1.29, 1.82) is 0 Å². The van der Waals surface area contributed by atoms with E-state index in [1.54, 1.807) is 13.8 Å². The summed E-state index contributed by atoms with van der Waals surface area (Å²) in [6.45, 7) is 3.41. The van der Waals surface area contributed by atoms with Gasteiger partial charge in [0, 0.05) is 6.04 Å². The molecule has 0 atom stereocenters. The van der Waals surface area contributed by atoms with Crippen LogP contribution >= 0.6 is 0 Å². The number of rotatable bonds is 2. The van der Waals surface area contributed by atoms with Gasteiger partial charge in [0.15, 0.2) is 0 Å². The first-order valence-electron chi connectivity index (χ1n) is 5.29. The third-order valence-corrected chi connectivity index (χ3v) is 2.92. The van der Waals surface area contributed by atoms with Gasteiger partial charge in [0.1, 0.15) is 5.54 Å². The molecule has 0 heterocycles. The Kier molecular flexibility index (Phi) is 3.66. The molecule has 1 rings (SSSR count). The van der Waals surface area contributed by atoms with Crippen LogP contribution in [0.4, 0.5) is 13.2 Å². The van der Waals surface area contributed by atoms with E-state index in [-0.39, 0.29) is 31.7 Å². The molecule has 2 N–H and O–H groups in total. The van der Waals surface area contributed by atoms with E-state index in [1.165, 1.54) is 0 Å². The van der Waals surface area contributed by atoms with Crippen molar-refractivity contribution in [2.75, 3.05) is 0 Å². The lowest BCUT2D eigenvalue weighted by atomic mass is 9.79. The summed E-state index contributed by atoms with van der Waals surface area (Å²) < 4.78 is 38.8. The summed E-state index contributed by atoms with van der Waals surface area (Å²) in [4.78, 5) is 0. The van der Waals surface area contributed by atoms with Crippen LogP contribution in [-0.4, -0.2) is 29.0 Å². The fraction of sp³-hybridized carbons (Fsp3) is 1.00. The molecule has 0 aliphatic heterocycles. The first-order valence-corrected chi connectivity index (χ1v) is 5.29. The SMILES string of the molecule is CC(C)NC1(C(F)(F)F)CCC(O)CC1. The molecule has 15 heavy (non-hydrogen) atoms. The molecule has 0 aromatic heterocycles. The predicted octanol–water partition coefficient (Wildman–Crippen LogP) is 2.22. The van der Waals surface area contributed by atoms with E-state index >= 15 is 0 Å². The molecule has 1 saturated carbocycles. The summed E-state index contributed by atoms with van der Waals surface area (Å²) in [5, 5.41) is 11.9. The van der Waals surface area contributed by atoms with Crippen LogP contribution in [-0.2, 0) is 0 Å². The minimum absolute atomic E-state index is 0.0319. The van der Waals surface area contributed by atoms with Crippen molar-refractivity contribution >= 4 is 0 Å². The standard InChI is InChI=1S/C10H18F3NO/c1-7(2)14-9(10(11,12)13)5-3-8(15)4-6-9/h7-8,14-15H,3-6H2,1-2H3. The van der Waals surface area contributed by atoms with Gasteiger partial charge in [0.2, 0.25) is 0 Å². The fourth-order valence-corrected chi connectivity index (χ4v) is 2.16. The van der Waals surface area contributed by atoms with E-state index in [0.717, 1.165) is 0 Å². The number of aliphatic hydroxyl groups excluding tert-OH is 1. The van der Waals surface area contributed by atoms with Crippen LogP contribution in [0.3, 0.4) is 0 Å². The highest BCUT2D eigenvalue weighted by Crippen LogP contribution is 2.41. The molecule has 1 aliphatic carbocycles. The second kappa shape index (κ2) is 4.29. The molecule has 0 radical (unpaired) electrons. The Balaban J connectivity index is 2.78. The smallest absolute Gasteiger partial charge is 0.393 e. The Morgan fingerprint density at radius 1 is 1.27 bits per heavy atom. The van der Waals surface area contributed by atoms with Gasteiger partial charge in [0.25, 0.3) is 0 Å². The summed E-state index contributed by atoms with van der Waals surface area (Å²) in [5.41, 5.74) is -1.79. The summed E-state index contributed by atoms with van der Waals surface area (Å²) >= 11 is 0. The maximum Gasteiger partial charge on any atom is 0.406 e. The van der Waals surface area contributed by atoms with Gasteiger partial charge in [-0.3, -0.25) is 0 Å². The van der Waals surface area contributed by atoms with Crippen LogP contribution in [0.2, 0.25) is 0 Å². The fourth-order valence-electron chi connectivity index (χ4n) is 2.16. The van der Waals surface area contributed by atoms with E-state index in [1.807, 2.05) is 0 Å². The zero-order valence-corrected chi connectivity index (χ0v) is 9.06. The molecule has 2 nitrogen and oxygen atoms in total. The quantitative estimate of drug-likeness (QED) is 0.755. The van der Waals surface area contributed by atoms with Crippen molar-refractivity contribution in [3.8, 4) is 0 Å². The highest BCUT2D eigenvalue weighted by Gasteiger charge is 2.55. The maximum atomic E-state index is 12.9. The number of alkyl halides is 3. The van der Waals surface area contributed by atoms with Gasteiger partial charge < -0.3 is 10.4 Å². The average Bonchev–Trinajstić information content (AvgIpc) is 2.06. The van der Waals surface area contributed by atoms with Gasteiger partial charge in [-0.1, -0.05) is 13.8 Å². The second-order valence-corrected chi connectivity index (χ2v) is 4.61. The molecular formula is C10H18F3NO. The molecule has 0 bridgehead atoms. The van der Waals surface area contributed by atoms with Crippen molar-refractivity contribution in [2.24, 2.45) is 0 Å². The summed E-state index contributed by atoms with van der Waals surface area (Å²) in [6, 6.07) is -0.207. The minimum atomic E-state index is -4.24. The Bertz CT molecular complexity index is 207. The molecule has 90 valence electrons. The van der Waals surface area contributed by atoms with Gasteiger partial charge >= 0.3 is 6.18 Å². The molecule has 1 fully saturated rings.